The smallest absolute Gasteiger partial charge is 0.253 e. The van der Waals surface area contributed by atoms with Crippen molar-refractivity contribution in [2.45, 2.75) is 50.9 Å². The lowest BCUT2D eigenvalue weighted by Crippen LogP contribution is -2.47. The number of halogens is 2. The third kappa shape index (κ3) is 3.26. The van der Waals surface area contributed by atoms with Crippen molar-refractivity contribution in [1.82, 2.24) is 4.90 Å². The molecule has 22 heavy (non-hydrogen) atoms. The monoisotopic (exact) mass is 431 g/mol. The van der Waals surface area contributed by atoms with Crippen molar-refractivity contribution in [2.24, 2.45) is 5.41 Å². The molecule has 1 aromatic rings. The molecule has 1 fully saturated rings. The van der Waals surface area contributed by atoms with Crippen LogP contribution in [0.5, 0.6) is 0 Å². The van der Waals surface area contributed by atoms with Gasteiger partial charge in [0.1, 0.15) is 6.10 Å². The molecule has 0 N–H and O–H groups in total. The Labute approximate surface area is 149 Å². The highest BCUT2D eigenvalue weighted by Gasteiger charge is 2.58. The zero-order chi connectivity index (χ0) is 16.5. The summed E-state index contributed by atoms with van der Waals surface area (Å²) in [4.78, 5) is 14.7. The summed E-state index contributed by atoms with van der Waals surface area (Å²) in [7, 11) is 0. The first-order valence-electron chi connectivity index (χ1n) is 7.40. The van der Waals surface area contributed by atoms with Gasteiger partial charge in [0, 0.05) is 16.3 Å². The van der Waals surface area contributed by atoms with E-state index in [0.29, 0.717) is 11.9 Å². The van der Waals surface area contributed by atoms with Crippen LogP contribution >= 0.6 is 31.9 Å². The molecular weight excluding hydrogens is 410 g/mol. The van der Waals surface area contributed by atoms with Crippen molar-refractivity contribution in [3.8, 4) is 0 Å². The van der Waals surface area contributed by atoms with E-state index < -0.39 is 6.10 Å². The Morgan fingerprint density at radius 3 is 2.36 bits per heavy atom. The Bertz CT molecular complexity index is 529. The van der Waals surface area contributed by atoms with Gasteiger partial charge >= 0.3 is 0 Å². The summed E-state index contributed by atoms with van der Waals surface area (Å²) in [6, 6.07) is 9.96. The number of hydrogen-bond acceptors (Lipinski definition) is 2. The molecule has 1 aliphatic heterocycles. The van der Waals surface area contributed by atoms with E-state index >= 15 is 0 Å². The topological polar surface area (TPSA) is 29.5 Å². The largest absolute Gasteiger partial charge is 0.363 e. The van der Waals surface area contributed by atoms with Crippen LogP contribution in [0.3, 0.4) is 0 Å². The summed E-state index contributed by atoms with van der Waals surface area (Å²) in [5.74, 6) is 0.0484. The van der Waals surface area contributed by atoms with Gasteiger partial charge in [-0.15, -0.1) is 0 Å². The van der Waals surface area contributed by atoms with Crippen LogP contribution in [0.15, 0.2) is 30.3 Å². The molecule has 0 aliphatic carbocycles. The molecule has 5 heteroatoms. The molecular formula is C17H23Br2NO2. The van der Waals surface area contributed by atoms with Gasteiger partial charge in [0.25, 0.3) is 5.91 Å². The van der Waals surface area contributed by atoms with E-state index in [9.17, 15) is 4.79 Å². The summed E-state index contributed by atoms with van der Waals surface area (Å²) >= 11 is 7.30. The second kappa shape index (κ2) is 6.62. The van der Waals surface area contributed by atoms with Crippen LogP contribution in [0.1, 0.15) is 33.3 Å². The molecule has 122 valence electrons. The highest BCUT2D eigenvalue weighted by atomic mass is 79.9. The van der Waals surface area contributed by atoms with Crippen molar-refractivity contribution in [3.05, 3.63) is 35.9 Å². The Morgan fingerprint density at radius 1 is 1.27 bits per heavy atom. The zero-order valence-corrected chi connectivity index (χ0v) is 16.6. The van der Waals surface area contributed by atoms with Crippen LogP contribution < -0.4 is 0 Å². The highest BCUT2D eigenvalue weighted by molar-refractivity contribution is 9.10. The van der Waals surface area contributed by atoms with E-state index in [2.05, 4.69) is 38.8 Å². The molecule has 2 rings (SSSR count). The van der Waals surface area contributed by atoms with Crippen molar-refractivity contribution in [3.63, 3.8) is 0 Å². The zero-order valence-electron chi connectivity index (χ0n) is 13.5. The molecule has 1 heterocycles. The lowest BCUT2D eigenvalue weighted by Gasteiger charge is -2.37. The summed E-state index contributed by atoms with van der Waals surface area (Å²) in [5, 5.41) is 0.688. The molecule has 1 aromatic carbocycles. The molecule has 0 radical (unpaired) electrons. The Kier molecular flexibility index (Phi) is 5.40. The number of amides is 1. The molecule has 3 atom stereocenters. The highest BCUT2D eigenvalue weighted by Crippen LogP contribution is 2.47. The van der Waals surface area contributed by atoms with Crippen LogP contribution in [0.4, 0.5) is 0 Å². The Morgan fingerprint density at radius 2 is 1.86 bits per heavy atom. The molecule has 0 bridgehead atoms. The minimum atomic E-state index is -0.462. The van der Waals surface area contributed by atoms with Crippen LogP contribution in [0.25, 0.3) is 0 Å². The molecule has 0 spiro atoms. The van der Waals surface area contributed by atoms with Gasteiger partial charge in [0.05, 0.1) is 11.6 Å². The molecule has 0 unspecified atom stereocenters. The van der Waals surface area contributed by atoms with E-state index in [4.69, 9.17) is 4.74 Å². The maximum absolute atomic E-state index is 12.9. The molecule has 3 nitrogen and oxygen atoms in total. The second-order valence-electron chi connectivity index (χ2n) is 7.03. The fraction of sp³-hybridized carbons (Fsp3) is 0.588. The molecule has 1 saturated heterocycles. The average molecular weight is 433 g/mol. The summed E-state index contributed by atoms with van der Waals surface area (Å²) in [6.45, 7) is 8.67. The second-order valence-corrected chi connectivity index (χ2v) is 8.46. The van der Waals surface area contributed by atoms with Gasteiger partial charge in [0.2, 0.25) is 0 Å². The van der Waals surface area contributed by atoms with Crippen LogP contribution in [-0.2, 0) is 16.1 Å². The fourth-order valence-corrected chi connectivity index (χ4v) is 5.01. The van der Waals surface area contributed by atoms with Gasteiger partial charge in [-0.3, -0.25) is 4.79 Å². The lowest BCUT2D eigenvalue weighted by atomic mass is 9.89. The van der Waals surface area contributed by atoms with Crippen molar-refractivity contribution in [1.29, 1.82) is 0 Å². The molecule has 0 saturated carbocycles. The number of rotatable bonds is 4. The van der Waals surface area contributed by atoms with E-state index in [0.717, 1.165) is 5.56 Å². The van der Waals surface area contributed by atoms with Gasteiger partial charge in [-0.1, -0.05) is 69.1 Å². The van der Waals surface area contributed by atoms with Gasteiger partial charge in [-0.05, 0) is 26.3 Å². The molecule has 0 aromatic heterocycles. The first-order valence-corrected chi connectivity index (χ1v) is 9.44. The van der Waals surface area contributed by atoms with Crippen LogP contribution in [0.2, 0.25) is 0 Å². The van der Waals surface area contributed by atoms with Gasteiger partial charge in [0.15, 0.2) is 0 Å². The van der Waals surface area contributed by atoms with E-state index in [1.54, 1.807) is 0 Å². The van der Waals surface area contributed by atoms with Gasteiger partial charge in [-0.2, -0.15) is 0 Å². The first-order chi connectivity index (χ1) is 10.2. The maximum Gasteiger partial charge on any atom is 0.253 e. The third-order valence-corrected chi connectivity index (χ3v) is 6.77. The van der Waals surface area contributed by atoms with Gasteiger partial charge in [-0.25, -0.2) is 0 Å². The minimum Gasteiger partial charge on any atom is -0.363 e. The normalized spacial score (nSPS) is 29.2. The predicted octanol–water partition coefficient (Wildman–Crippen LogP) is 4.33. The first kappa shape index (κ1) is 18.0. The van der Waals surface area contributed by atoms with Gasteiger partial charge < -0.3 is 9.64 Å². The lowest BCUT2D eigenvalue weighted by molar-refractivity contribution is -0.143. The van der Waals surface area contributed by atoms with Crippen LogP contribution in [-0.4, -0.2) is 32.7 Å². The number of nitrogens with zero attached hydrogens (tertiary/aromatic N) is 1. The number of alkyl halides is 2. The summed E-state index contributed by atoms with van der Waals surface area (Å²) in [5.41, 5.74) is 0.506. The summed E-state index contributed by atoms with van der Waals surface area (Å²) < 4.78 is 6.05. The minimum absolute atomic E-state index is 0.0484. The number of carbonyl (C=O) groups is 1. The van der Waals surface area contributed by atoms with Crippen molar-refractivity contribution in [2.75, 3.05) is 5.33 Å². The molecule has 1 amide bonds. The quantitative estimate of drug-likeness (QED) is 0.523. The third-order valence-electron chi connectivity index (χ3n) is 4.10. The fourth-order valence-electron chi connectivity index (χ4n) is 2.76. The average Bonchev–Trinajstić information content (AvgIpc) is 2.65. The number of carbonyl (C=O) groups excluding carboxylic acids is 1. The molecule has 1 aliphatic rings. The number of hydrogen-bond donors (Lipinski definition) is 0. The van der Waals surface area contributed by atoms with Crippen molar-refractivity contribution < 1.29 is 9.53 Å². The Hall–Kier alpha value is -0.390. The SMILES string of the molecule is CC(C)(C)N1C(=O)[C@H](OCc2ccccc2)[C@@](C)(CBr)[C@H]1Br. The number of ether oxygens (including phenoxy) is 1. The van der Waals surface area contributed by atoms with Crippen molar-refractivity contribution >= 4 is 37.8 Å². The van der Waals surface area contributed by atoms with E-state index in [1.165, 1.54) is 0 Å². The van der Waals surface area contributed by atoms with E-state index in [-0.39, 0.29) is 21.8 Å². The summed E-state index contributed by atoms with van der Waals surface area (Å²) in [6.07, 6.45) is -0.462. The van der Waals surface area contributed by atoms with E-state index in [1.807, 2.05) is 56.0 Å². The maximum atomic E-state index is 12.9. The van der Waals surface area contributed by atoms with Crippen LogP contribution in [0, 0.1) is 5.41 Å². The standard InChI is InChI=1S/C17H23Br2NO2/c1-16(2,3)20-14(21)13(17(4,11-18)15(20)19)22-10-12-8-6-5-7-9-12/h5-9,13,15H,10-11H2,1-4H3/t13-,15-,17+/m0/s1. The Balaban J connectivity index is 2.23. The number of benzene rings is 1. The number of likely N-dealkylation sites (tertiary alicyclic amines) is 1. The predicted molar refractivity (Wildman–Crippen MR) is 96.2 cm³/mol.